The summed E-state index contributed by atoms with van der Waals surface area (Å²) in [5.74, 6) is 0.590. The Morgan fingerprint density at radius 2 is 2.00 bits per heavy atom. The minimum Gasteiger partial charge on any atom is -0.486 e. The Labute approximate surface area is 158 Å². The van der Waals surface area contributed by atoms with Crippen LogP contribution in [0.25, 0.3) is 10.9 Å². The molecule has 0 atom stereocenters. The molecule has 8 nitrogen and oxygen atoms in total. The zero-order valence-electron chi connectivity index (χ0n) is 14.4. The van der Waals surface area contributed by atoms with E-state index in [0.717, 1.165) is 10.2 Å². The summed E-state index contributed by atoms with van der Waals surface area (Å²) in [4.78, 5) is 25.0. The minimum atomic E-state index is -0.435. The molecule has 3 aromatic rings. The van der Waals surface area contributed by atoms with Crippen LogP contribution in [0.5, 0.6) is 11.5 Å². The van der Waals surface area contributed by atoms with Crippen molar-refractivity contribution < 1.29 is 14.3 Å². The first-order valence-corrected chi connectivity index (χ1v) is 8.63. The molecule has 1 aromatic heterocycles. The van der Waals surface area contributed by atoms with Crippen LogP contribution < -0.4 is 20.3 Å². The summed E-state index contributed by atoms with van der Waals surface area (Å²) in [5.41, 5.74) is 1.27. The van der Waals surface area contributed by atoms with Crippen LogP contribution in [-0.4, -0.2) is 34.1 Å². The van der Waals surface area contributed by atoms with Crippen molar-refractivity contribution in [2.45, 2.75) is 13.5 Å². The quantitative estimate of drug-likeness (QED) is 0.741. The van der Waals surface area contributed by atoms with Gasteiger partial charge in [-0.2, -0.15) is 0 Å². The second-order valence-corrected chi connectivity index (χ2v) is 6.43. The van der Waals surface area contributed by atoms with Gasteiger partial charge in [0.05, 0.1) is 5.39 Å². The molecule has 0 aliphatic carbocycles. The van der Waals surface area contributed by atoms with E-state index in [-0.39, 0.29) is 6.54 Å². The van der Waals surface area contributed by atoms with Crippen LogP contribution >= 0.6 is 11.6 Å². The average Bonchev–Trinajstić information content (AvgIpc) is 2.66. The second-order valence-electron chi connectivity index (χ2n) is 6.03. The number of rotatable bonds is 3. The highest BCUT2D eigenvalue weighted by Gasteiger charge is 2.17. The Morgan fingerprint density at radius 3 is 2.78 bits per heavy atom. The maximum absolute atomic E-state index is 12.7. The normalized spacial score (nSPS) is 12.8. The van der Waals surface area contributed by atoms with Crippen LogP contribution in [0.3, 0.4) is 0 Å². The molecule has 0 unspecified atom stereocenters. The summed E-state index contributed by atoms with van der Waals surface area (Å²) >= 11 is 6.06. The van der Waals surface area contributed by atoms with Crippen molar-refractivity contribution in [2.75, 3.05) is 18.5 Å². The van der Waals surface area contributed by atoms with Gasteiger partial charge in [0, 0.05) is 16.8 Å². The van der Waals surface area contributed by atoms with Crippen LogP contribution in [0.1, 0.15) is 5.56 Å². The molecule has 2 aromatic carbocycles. The molecule has 1 amide bonds. The Morgan fingerprint density at radius 1 is 1.26 bits per heavy atom. The summed E-state index contributed by atoms with van der Waals surface area (Å²) in [7, 11) is 0. The first-order chi connectivity index (χ1) is 13.0. The lowest BCUT2D eigenvalue weighted by Crippen LogP contribution is -2.30. The van der Waals surface area contributed by atoms with Crippen molar-refractivity contribution in [1.82, 2.24) is 15.0 Å². The summed E-state index contributed by atoms with van der Waals surface area (Å²) < 4.78 is 12.0. The van der Waals surface area contributed by atoms with E-state index in [4.69, 9.17) is 21.1 Å². The fourth-order valence-electron chi connectivity index (χ4n) is 2.79. The molecule has 0 bridgehead atoms. The number of fused-ring (bicyclic) bond motifs is 2. The summed E-state index contributed by atoms with van der Waals surface area (Å²) in [5, 5.41) is 11.4. The molecule has 0 radical (unpaired) electrons. The highest BCUT2D eigenvalue weighted by Crippen LogP contribution is 2.32. The number of amides is 1. The number of benzene rings is 2. The maximum atomic E-state index is 12.7. The van der Waals surface area contributed by atoms with Gasteiger partial charge in [0.2, 0.25) is 5.91 Å². The molecule has 0 saturated carbocycles. The van der Waals surface area contributed by atoms with Crippen LogP contribution in [0.2, 0.25) is 5.02 Å². The van der Waals surface area contributed by atoms with E-state index in [0.29, 0.717) is 46.3 Å². The number of hydrogen-bond donors (Lipinski definition) is 1. The Hall–Kier alpha value is -3.13. The van der Waals surface area contributed by atoms with Gasteiger partial charge in [-0.1, -0.05) is 22.9 Å². The number of anilines is 1. The largest absolute Gasteiger partial charge is 0.486 e. The first-order valence-electron chi connectivity index (χ1n) is 8.25. The summed E-state index contributed by atoms with van der Waals surface area (Å²) in [6, 6.07) is 8.38. The van der Waals surface area contributed by atoms with E-state index >= 15 is 0 Å². The standard InChI is InChI=1S/C18H15ClN4O4/c1-10-12(19)3-2-4-13(10)20-17(24)9-23-18(25)11-7-15-16(27-6-5-26-15)8-14(11)21-22-23/h2-4,7-8H,5-6,9H2,1H3,(H,20,24). The molecule has 4 rings (SSSR count). The van der Waals surface area contributed by atoms with Gasteiger partial charge in [0.25, 0.3) is 5.56 Å². The predicted octanol–water partition coefficient (Wildman–Crippen LogP) is 2.16. The van der Waals surface area contributed by atoms with Gasteiger partial charge >= 0.3 is 0 Å². The third-order valence-corrected chi connectivity index (χ3v) is 4.63. The lowest BCUT2D eigenvalue weighted by molar-refractivity contribution is -0.117. The van der Waals surface area contributed by atoms with Crippen LogP contribution in [0, 0.1) is 6.92 Å². The lowest BCUT2D eigenvalue weighted by Gasteiger charge is -2.18. The fourth-order valence-corrected chi connectivity index (χ4v) is 2.96. The maximum Gasteiger partial charge on any atom is 0.278 e. The smallest absolute Gasteiger partial charge is 0.278 e. The van der Waals surface area contributed by atoms with Crippen LogP contribution in [0.4, 0.5) is 5.69 Å². The van der Waals surface area contributed by atoms with Crippen molar-refractivity contribution in [2.24, 2.45) is 0 Å². The third-order valence-electron chi connectivity index (χ3n) is 4.22. The molecular weight excluding hydrogens is 372 g/mol. The average molecular weight is 387 g/mol. The second kappa shape index (κ2) is 6.88. The van der Waals surface area contributed by atoms with Gasteiger partial charge in [-0.3, -0.25) is 9.59 Å². The molecule has 0 saturated heterocycles. The van der Waals surface area contributed by atoms with Gasteiger partial charge in [-0.15, -0.1) is 5.10 Å². The van der Waals surface area contributed by atoms with Gasteiger partial charge in [-0.05, 0) is 30.7 Å². The van der Waals surface area contributed by atoms with Crippen molar-refractivity contribution >= 4 is 34.1 Å². The van der Waals surface area contributed by atoms with Gasteiger partial charge < -0.3 is 14.8 Å². The number of aromatic nitrogens is 3. The number of nitrogens with zero attached hydrogens (tertiary/aromatic N) is 3. The molecular formula is C18H15ClN4O4. The SMILES string of the molecule is Cc1c(Cl)cccc1NC(=O)Cn1nnc2cc3c(cc2c1=O)OCCO3. The Balaban J connectivity index is 1.62. The van der Waals surface area contributed by atoms with E-state index in [2.05, 4.69) is 15.6 Å². The van der Waals surface area contributed by atoms with Crippen LogP contribution in [0.15, 0.2) is 35.1 Å². The van der Waals surface area contributed by atoms with Gasteiger partial charge in [0.1, 0.15) is 25.3 Å². The molecule has 27 heavy (non-hydrogen) atoms. The zero-order chi connectivity index (χ0) is 19.0. The summed E-state index contributed by atoms with van der Waals surface area (Å²) in [6.45, 7) is 2.37. The van der Waals surface area contributed by atoms with E-state index in [1.807, 2.05) is 0 Å². The van der Waals surface area contributed by atoms with E-state index in [1.165, 1.54) is 0 Å². The molecule has 0 spiro atoms. The fraction of sp³-hybridized carbons (Fsp3) is 0.222. The Bertz CT molecular complexity index is 1110. The van der Waals surface area contributed by atoms with Crippen molar-refractivity contribution in [3.8, 4) is 11.5 Å². The zero-order valence-corrected chi connectivity index (χ0v) is 15.1. The lowest BCUT2D eigenvalue weighted by atomic mass is 10.2. The monoisotopic (exact) mass is 386 g/mol. The number of nitrogens with one attached hydrogen (secondary N) is 1. The molecule has 1 aliphatic heterocycles. The third kappa shape index (κ3) is 3.31. The van der Waals surface area contributed by atoms with E-state index in [9.17, 15) is 9.59 Å². The minimum absolute atomic E-state index is 0.276. The van der Waals surface area contributed by atoms with Gasteiger partial charge in [0.15, 0.2) is 11.5 Å². The van der Waals surface area contributed by atoms with Gasteiger partial charge in [-0.25, -0.2) is 4.68 Å². The van der Waals surface area contributed by atoms with E-state index < -0.39 is 11.5 Å². The summed E-state index contributed by atoms with van der Waals surface area (Å²) in [6.07, 6.45) is 0. The topological polar surface area (TPSA) is 95.3 Å². The highest BCUT2D eigenvalue weighted by atomic mass is 35.5. The number of carbonyl (C=O) groups excluding carboxylic acids is 1. The van der Waals surface area contributed by atoms with E-state index in [1.54, 1.807) is 37.3 Å². The molecule has 0 fully saturated rings. The highest BCUT2D eigenvalue weighted by molar-refractivity contribution is 6.31. The number of halogens is 1. The molecule has 9 heteroatoms. The molecule has 1 aliphatic rings. The molecule has 2 heterocycles. The predicted molar refractivity (Wildman–Crippen MR) is 99.6 cm³/mol. The number of ether oxygens (including phenoxy) is 2. The number of hydrogen-bond acceptors (Lipinski definition) is 6. The molecule has 138 valence electrons. The van der Waals surface area contributed by atoms with Crippen molar-refractivity contribution in [1.29, 1.82) is 0 Å². The number of carbonyl (C=O) groups is 1. The van der Waals surface area contributed by atoms with Crippen LogP contribution in [-0.2, 0) is 11.3 Å². The van der Waals surface area contributed by atoms with Crippen molar-refractivity contribution in [3.05, 3.63) is 51.3 Å². The van der Waals surface area contributed by atoms with Crippen molar-refractivity contribution in [3.63, 3.8) is 0 Å². The first kappa shape index (κ1) is 17.3. The Kier molecular flexibility index (Phi) is 4.41. The molecule has 1 N–H and O–H groups in total.